The number of Topliss-reactive ketones (excluding diaryl/α,β-unsaturated/α-hetero) is 1. The van der Waals surface area contributed by atoms with Crippen LogP contribution in [0.5, 0.6) is 11.5 Å². The van der Waals surface area contributed by atoms with Crippen molar-refractivity contribution in [1.29, 1.82) is 0 Å². The van der Waals surface area contributed by atoms with E-state index in [1.165, 1.54) is 12.5 Å². The first-order valence-corrected chi connectivity index (χ1v) is 10.7. The van der Waals surface area contributed by atoms with Crippen molar-refractivity contribution < 1.29 is 19.1 Å². The number of benzene rings is 2. The number of ether oxygens (including phenoxy) is 2. The summed E-state index contributed by atoms with van der Waals surface area (Å²) in [5.41, 5.74) is 8.33. The number of nitrogens with two attached hydrogens (primary N) is 1. The van der Waals surface area contributed by atoms with E-state index < -0.39 is 0 Å². The minimum absolute atomic E-state index is 0.110. The quantitative estimate of drug-likeness (QED) is 0.381. The smallest absolute Gasteiger partial charge is 0.220 e. The van der Waals surface area contributed by atoms with Crippen molar-refractivity contribution in [2.45, 2.75) is 52.9 Å². The Kier molecular flexibility index (Phi) is 9.39. The molecule has 162 valence electrons. The van der Waals surface area contributed by atoms with Crippen LogP contribution in [0, 0.1) is 5.92 Å². The van der Waals surface area contributed by atoms with E-state index in [0.29, 0.717) is 36.7 Å². The lowest BCUT2D eigenvalue weighted by atomic mass is 9.91. The third-order valence-electron chi connectivity index (χ3n) is 5.07. The second kappa shape index (κ2) is 12.0. The molecule has 1 unspecified atom stereocenters. The average molecular weight is 412 g/mol. The zero-order valence-corrected chi connectivity index (χ0v) is 18.3. The summed E-state index contributed by atoms with van der Waals surface area (Å²) in [5.74, 6) is 0.312. The molecular formula is C25H33NO4. The van der Waals surface area contributed by atoms with Crippen LogP contribution in [0.4, 0.5) is 0 Å². The zero-order valence-electron chi connectivity index (χ0n) is 18.3. The maximum Gasteiger partial charge on any atom is 0.220 e. The number of hydrogen-bond donors (Lipinski definition) is 1. The fraction of sp³-hybridized carbons (Fsp3) is 0.440. The Morgan fingerprint density at radius 3 is 2.03 bits per heavy atom. The molecule has 0 bridgehead atoms. The molecule has 2 N–H and O–H groups in total. The van der Waals surface area contributed by atoms with E-state index in [9.17, 15) is 9.59 Å². The fourth-order valence-electron chi connectivity index (χ4n) is 3.64. The van der Waals surface area contributed by atoms with Crippen LogP contribution in [-0.4, -0.2) is 24.9 Å². The molecule has 0 fully saturated rings. The monoisotopic (exact) mass is 411 g/mol. The van der Waals surface area contributed by atoms with Gasteiger partial charge >= 0.3 is 0 Å². The highest BCUT2D eigenvalue weighted by Gasteiger charge is 2.21. The van der Waals surface area contributed by atoms with Gasteiger partial charge in [0.25, 0.3) is 0 Å². The zero-order chi connectivity index (χ0) is 21.9. The number of ketones is 1. The molecule has 0 spiro atoms. The first-order chi connectivity index (χ1) is 14.5. The van der Waals surface area contributed by atoms with E-state index in [2.05, 4.69) is 12.1 Å². The summed E-state index contributed by atoms with van der Waals surface area (Å²) in [7, 11) is 0. The summed E-state index contributed by atoms with van der Waals surface area (Å²) in [6, 6.07) is 14.0. The van der Waals surface area contributed by atoms with Gasteiger partial charge in [-0.1, -0.05) is 36.8 Å². The van der Waals surface area contributed by atoms with E-state index in [1.807, 2.05) is 44.2 Å². The molecule has 2 aromatic carbocycles. The van der Waals surface area contributed by atoms with E-state index in [0.717, 1.165) is 31.2 Å². The Balaban J connectivity index is 2.11. The van der Waals surface area contributed by atoms with Gasteiger partial charge in [-0.3, -0.25) is 9.59 Å². The number of carbonyl (C=O) groups excluding carboxylic acids is 2. The second-order valence-corrected chi connectivity index (χ2v) is 7.42. The summed E-state index contributed by atoms with van der Waals surface area (Å²) in [6.45, 7) is 6.12. The summed E-state index contributed by atoms with van der Waals surface area (Å²) < 4.78 is 11.4. The minimum atomic E-state index is -0.304. The number of aryl methyl sites for hydroxylation is 1. The highest BCUT2D eigenvalue weighted by molar-refractivity contribution is 5.99. The molecule has 0 saturated carbocycles. The van der Waals surface area contributed by atoms with Gasteiger partial charge in [0.1, 0.15) is 17.1 Å². The Morgan fingerprint density at radius 1 is 0.933 bits per heavy atom. The second-order valence-electron chi connectivity index (χ2n) is 7.42. The highest BCUT2D eigenvalue weighted by Crippen LogP contribution is 2.33. The van der Waals surface area contributed by atoms with Gasteiger partial charge < -0.3 is 15.2 Å². The van der Waals surface area contributed by atoms with Crippen LogP contribution in [0.3, 0.4) is 0 Å². The molecule has 0 aromatic heterocycles. The van der Waals surface area contributed by atoms with Crippen molar-refractivity contribution in [2.24, 2.45) is 11.7 Å². The maximum atomic E-state index is 12.1. The van der Waals surface area contributed by atoms with Crippen LogP contribution in [0.2, 0.25) is 0 Å². The molecule has 0 heterocycles. The average Bonchev–Trinajstić information content (AvgIpc) is 2.71. The fourth-order valence-corrected chi connectivity index (χ4v) is 3.64. The lowest BCUT2D eigenvalue weighted by Crippen LogP contribution is -2.25. The van der Waals surface area contributed by atoms with E-state index in [1.54, 1.807) is 0 Å². The largest absolute Gasteiger partial charge is 0.493 e. The van der Waals surface area contributed by atoms with Gasteiger partial charge in [0.2, 0.25) is 5.91 Å². The third kappa shape index (κ3) is 6.90. The van der Waals surface area contributed by atoms with Crippen LogP contribution in [-0.2, 0) is 17.6 Å². The first-order valence-electron chi connectivity index (χ1n) is 10.7. The summed E-state index contributed by atoms with van der Waals surface area (Å²) in [5, 5.41) is 0. The molecule has 2 aromatic rings. The van der Waals surface area contributed by atoms with Gasteiger partial charge in [0.15, 0.2) is 5.78 Å². The van der Waals surface area contributed by atoms with Crippen LogP contribution in [0.25, 0.3) is 0 Å². The molecular weight excluding hydrogens is 378 g/mol. The van der Waals surface area contributed by atoms with Crippen LogP contribution >= 0.6 is 0 Å². The maximum absolute atomic E-state index is 12.1. The molecule has 30 heavy (non-hydrogen) atoms. The van der Waals surface area contributed by atoms with E-state index in [4.69, 9.17) is 15.2 Å². The van der Waals surface area contributed by atoms with Crippen LogP contribution < -0.4 is 15.2 Å². The van der Waals surface area contributed by atoms with Crippen molar-refractivity contribution in [3.63, 3.8) is 0 Å². The molecule has 0 aliphatic rings. The molecule has 5 heteroatoms. The Morgan fingerprint density at radius 2 is 1.53 bits per heavy atom. The molecule has 0 aliphatic carbocycles. The molecule has 0 saturated heterocycles. The van der Waals surface area contributed by atoms with Gasteiger partial charge in [-0.25, -0.2) is 0 Å². The van der Waals surface area contributed by atoms with Gasteiger partial charge in [0.05, 0.1) is 13.2 Å². The predicted molar refractivity (Wildman–Crippen MR) is 119 cm³/mol. The number of hydrogen-bond acceptors (Lipinski definition) is 4. The van der Waals surface area contributed by atoms with Gasteiger partial charge in [0, 0.05) is 5.92 Å². The third-order valence-corrected chi connectivity index (χ3v) is 5.07. The van der Waals surface area contributed by atoms with Crippen LogP contribution in [0.15, 0.2) is 42.5 Å². The van der Waals surface area contributed by atoms with Gasteiger partial charge in [-0.05, 0) is 69.7 Å². The molecule has 2 rings (SSSR count). The van der Waals surface area contributed by atoms with Crippen molar-refractivity contribution in [1.82, 2.24) is 0 Å². The Hall–Kier alpha value is -2.82. The molecule has 1 atom stereocenters. The van der Waals surface area contributed by atoms with Gasteiger partial charge in [-0.15, -0.1) is 0 Å². The van der Waals surface area contributed by atoms with Crippen molar-refractivity contribution in [3.8, 4) is 11.5 Å². The van der Waals surface area contributed by atoms with Crippen molar-refractivity contribution in [2.75, 3.05) is 13.2 Å². The SMILES string of the molecule is CCOc1cc(CC(CCCCc2ccccc2)C(N)=O)cc(OCC)c1C(C)=O. The standard InChI is InChI=1S/C25H33NO4/c1-4-29-22-16-20(17-23(30-5-2)24(22)18(3)27)15-21(25(26)28)14-10-9-13-19-11-7-6-8-12-19/h6-8,11-12,16-17,21H,4-5,9-10,13-15H2,1-3H3,(H2,26,28). The van der Waals surface area contributed by atoms with Gasteiger partial charge in [-0.2, -0.15) is 0 Å². The molecule has 5 nitrogen and oxygen atoms in total. The molecule has 1 amide bonds. The summed E-state index contributed by atoms with van der Waals surface area (Å²) in [4.78, 5) is 24.2. The molecule has 0 radical (unpaired) electrons. The number of rotatable bonds is 13. The van der Waals surface area contributed by atoms with Crippen molar-refractivity contribution >= 4 is 11.7 Å². The molecule has 0 aliphatic heterocycles. The number of primary amides is 1. The van der Waals surface area contributed by atoms with Crippen LogP contribution in [0.1, 0.15) is 61.5 Å². The lowest BCUT2D eigenvalue weighted by molar-refractivity contribution is -0.122. The normalized spacial score (nSPS) is 11.7. The highest BCUT2D eigenvalue weighted by atomic mass is 16.5. The predicted octanol–water partition coefficient (Wildman–Crippen LogP) is 4.74. The number of unbranched alkanes of at least 4 members (excludes halogenated alkanes) is 1. The first kappa shape index (κ1) is 23.5. The van der Waals surface area contributed by atoms with Crippen molar-refractivity contribution in [3.05, 3.63) is 59.2 Å². The summed E-state index contributed by atoms with van der Waals surface area (Å²) >= 11 is 0. The van der Waals surface area contributed by atoms with E-state index >= 15 is 0 Å². The minimum Gasteiger partial charge on any atom is -0.493 e. The topological polar surface area (TPSA) is 78.6 Å². The number of amides is 1. The number of carbonyl (C=O) groups is 2. The van der Waals surface area contributed by atoms with E-state index in [-0.39, 0.29) is 17.6 Å². The Bertz CT molecular complexity index is 805. The lowest BCUT2D eigenvalue weighted by Gasteiger charge is -2.18. The summed E-state index contributed by atoms with van der Waals surface area (Å²) in [6.07, 6.45) is 4.14. The Labute approximate surface area is 179 Å².